The zero-order valence-corrected chi connectivity index (χ0v) is 18.5. The molecule has 1 fully saturated rings. The number of guanidine groups is 1. The SMILES string of the molecule is CN=C(NCCc1cnn(C)c1)N1CCC(COCc2ccccc2)C1.I. The molecule has 6 nitrogen and oxygen atoms in total. The Morgan fingerprint density at radius 3 is 2.81 bits per heavy atom. The highest BCUT2D eigenvalue weighted by Gasteiger charge is 2.24. The van der Waals surface area contributed by atoms with Crippen molar-refractivity contribution in [1.82, 2.24) is 20.0 Å². The molecule has 0 saturated carbocycles. The molecule has 1 N–H and O–H groups in total. The van der Waals surface area contributed by atoms with E-state index in [0.717, 1.165) is 45.0 Å². The Morgan fingerprint density at radius 2 is 2.11 bits per heavy atom. The molecule has 2 aromatic rings. The molecule has 0 bridgehead atoms. The van der Waals surface area contributed by atoms with Crippen LogP contribution in [0.3, 0.4) is 0 Å². The van der Waals surface area contributed by atoms with E-state index in [9.17, 15) is 0 Å². The second-order valence-corrected chi connectivity index (χ2v) is 6.85. The number of hydrogen-bond acceptors (Lipinski definition) is 3. The number of halogens is 1. The average Bonchev–Trinajstić information content (AvgIpc) is 3.29. The minimum absolute atomic E-state index is 0. The molecule has 1 atom stereocenters. The fourth-order valence-corrected chi connectivity index (χ4v) is 3.33. The molecule has 1 aromatic carbocycles. The van der Waals surface area contributed by atoms with E-state index in [1.54, 1.807) is 0 Å². The standard InChI is InChI=1S/C20H29N5O.HI/c1-21-20(22-10-8-18-12-23-24(2)13-18)25-11-9-19(14-25)16-26-15-17-6-4-3-5-7-17;/h3-7,12-13,19H,8-11,14-16H2,1-2H3,(H,21,22);1H. The van der Waals surface area contributed by atoms with Crippen LogP contribution >= 0.6 is 24.0 Å². The number of nitrogens with one attached hydrogen (secondary N) is 1. The van der Waals surface area contributed by atoms with E-state index in [0.29, 0.717) is 12.5 Å². The Balaban J connectivity index is 0.00000261. The third-order valence-electron chi connectivity index (χ3n) is 4.72. The Morgan fingerprint density at radius 1 is 1.30 bits per heavy atom. The van der Waals surface area contributed by atoms with Crippen molar-refractivity contribution in [3.8, 4) is 0 Å². The Hall–Kier alpha value is -1.61. The number of rotatable bonds is 7. The number of aliphatic imine (C=N–C) groups is 1. The molecule has 1 aliphatic heterocycles. The molecular weight excluding hydrogens is 453 g/mol. The first-order valence-electron chi connectivity index (χ1n) is 9.29. The summed E-state index contributed by atoms with van der Waals surface area (Å²) in [7, 11) is 3.80. The van der Waals surface area contributed by atoms with Crippen LogP contribution in [0.15, 0.2) is 47.7 Å². The van der Waals surface area contributed by atoms with Gasteiger partial charge in [-0.2, -0.15) is 5.10 Å². The second kappa shape index (κ2) is 11.3. The molecular formula is C20H30IN5O. The van der Waals surface area contributed by atoms with Crippen molar-refractivity contribution in [1.29, 1.82) is 0 Å². The van der Waals surface area contributed by atoms with Gasteiger partial charge in [0, 0.05) is 45.8 Å². The van der Waals surface area contributed by atoms with Crippen LogP contribution in [0.25, 0.3) is 0 Å². The largest absolute Gasteiger partial charge is 0.376 e. The number of ether oxygens (including phenoxy) is 1. The number of nitrogens with zero attached hydrogens (tertiary/aromatic N) is 4. The zero-order chi connectivity index (χ0) is 18.2. The maximum absolute atomic E-state index is 5.91. The monoisotopic (exact) mass is 483 g/mol. The molecule has 27 heavy (non-hydrogen) atoms. The van der Waals surface area contributed by atoms with Crippen molar-refractivity contribution >= 4 is 29.9 Å². The van der Waals surface area contributed by atoms with Crippen LogP contribution in [0.2, 0.25) is 0 Å². The molecule has 1 aromatic heterocycles. The highest BCUT2D eigenvalue weighted by molar-refractivity contribution is 14.0. The van der Waals surface area contributed by atoms with Crippen molar-refractivity contribution in [3.63, 3.8) is 0 Å². The van der Waals surface area contributed by atoms with Crippen molar-refractivity contribution in [2.45, 2.75) is 19.4 Å². The Bertz CT molecular complexity index is 703. The first kappa shape index (κ1) is 21.7. The predicted molar refractivity (Wildman–Crippen MR) is 119 cm³/mol. The van der Waals surface area contributed by atoms with Crippen molar-refractivity contribution in [3.05, 3.63) is 53.9 Å². The quantitative estimate of drug-likeness (QED) is 0.374. The molecule has 7 heteroatoms. The molecule has 3 rings (SSSR count). The summed E-state index contributed by atoms with van der Waals surface area (Å²) in [5.41, 5.74) is 2.47. The molecule has 2 heterocycles. The van der Waals surface area contributed by atoms with Gasteiger partial charge in [-0.25, -0.2) is 0 Å². The number of benzene rings is 1. The van der Waals surface area contributed by atoms with Gasteiger partial charge in [0.1, 0.15) is 0 Å². The smallest absolute Gasteiger partial charge is 0.193 e. The molecule has 1 unspecified atom stereocenters. The van der Waals surface area contributed by atoms with Crippen molar-refractivity contribution in [2.75, 3.05) is 33.3 Å². The lowest BCUT2D eigenvalue weighted by atomic mass is 10.1. The summed E-state index contributed by atoms with van der Waals surface area (Å²) in [4.78, 5) is 6.77. The molecule has 148 valence electrons. The number of hydrogen-bond donors (Lipinski definition) is 1. The summed E-state index contributed by atoms with van der Waals surface area (Å²) < 4.78 is 7.75. The predicted octanol–water partition coefficient (Wildman–Crippen LogP) is 2.69. The van der Waals surface area contributed by atoms with Crippen LogP contribution < -0.4 is 5.32 Å². The number of aromatic nitrogens is 2. The maximum atomic E-state index is 5.91. The summed E-state index contributed by atoms with van der Waals surface area (Å²) >= 11 is 0. The van der Waals surface area contributed by atoms with Crippen LogP contribution in [0.4, 0.5) is 0 Å². The molecule has 1 saturated heterocycles. The zero-order valence-electron chi connectivity index (χ0n) is 16.2. The van der Waals surface area contributed by atoms with E-state index in [-0.39, 0.29) is 24.0 Å². The maximum Gasteiger partial charge on any atom is 0.193 e. The van der Waals surface area contributed by atoms with Gasteiger partial charge in [0.2, 0.25) is 0 Å². The number of aryl methyl sites for hydroxylation is 1. The van der Waals surface area contributed by atoms with Crippen LogP contribution in [-0.4, -0.2) is 53.9 Å². The lowest BCUT2D eigenvalue weighted by Gasteiger charge is -2.21. The molecule has 0 radical (unpaired) electrons. The molecule has 0 spiro atoms. The first-order valence-corrected chi connectivity index (χ1v) is 9.29. The van der Waals surface area contributed by atoms with Gasteiger partial charge in [0.25, 0.3) is 0 Å². The van der Waals surface area contributed by atoms with E-state index in [1.165, 1.54) is 11.1 Å². The lowest BCUT2D eigenvalue weighted by molar-refractivity contribution is 0.0907. The third-order valence-corrected chi connectivity index (χ3v) is 4.72. The van der Waals surface area contributed by atoms with Crippen LogP contribution in [0.1, 0.15) is 17.5 Å². The van der Waals surface area contributed by atoms with E-state index in [2.05, 4.69) is 50.8 Å². The van der Waals surface area contributed by atoms with Crippen LogP contribution in [-0.2, 0) is 24.8 Å². The first-order chi connectivity index (χ1) is 12.7. The summed E-state index contributed by atoms with van der Waals surface area (Å²) in [6.07, 6.45) is 6.07. The minimum Gasteiger partial charge on any atom is -0.376 e. The molecule has 0 aliphatic carbocycles. The molecule has 0 amide bonds. The fourth-order valence-electron chi connectivity index (χ4n) is 3.33. The van der Waals surface area contributed by atoms with Gasteiger partial charge in [-0.15, -0.1) is 24.0 Å². The van der Waals surface area contributed by atoms with Crippen molar-refractivity contribution in [2.24, 2.45) is 18.0 Å². The van der Waals surface area contributed by atoms with E-state index in [1.807, 2.05) is 31.0 Å². The number of likely N-dealkylation sites (tertiary alicyclic amines) is 1. The van der Waals surface area contributed by atoms with E-state index in [4.69, 9.17) is 4.74 Å². The van der Waals surface area contributed by atoms with Crippen LogP contribution in [0, 0.1) is 5.92 Å². The van der Waals surface area contributed by atoms with E-state index < -0.39 is 0 Å². The summed E-state index contributed by atoms with van der Waals surface area (Å²) in [5.74, 6) is 1.55. The van der Waals surface area contributed by atoms with Crippen molar-refractivity contribution < 1.29 is 4.74 Å². The Labute approximate surface area is 179 Å². The molecule has 1 aliphatic rings. The van der Waals surface area contributed by atoms with Gasteiger partial charge >= 0.3 is 0 Å². The topological polar surface area (TPSA) is 54.7 Å². The van der Waals surface area contributed by atoms with Crippen LogP contribution in [0.5, 0.6) is 0 Å². The Kier molecular flexibility index (Phi) is 9.06. The summed E-state index contributed by atoms with van der Waals surface area (Å²) in [6, 6.07) is 10.4. The second-order valence-electron chi connectivity index (χ2n) is 6.85. The highest BCUT2D eigenvalue weighted by Crippen LogP contribution is 2.17. The average molecular weight is 483 g/mol. The van der Waals surface area contributed by atoms with Gasteiger partial charge in [0.15, 0.2) is 5.96 Å². The van der Waals surface area contributed by atoms with Gasteiger partial charge in [-0.05, 0) is 24.0 Å². The van der Waals surface area contributed by atoms with Gasteiger partial charge in [0.05, 0.1) is 19.4 Å². The summed E-state index contributed by atoms with van der Waals surface area (Å²) in [6.45, 7) is 4.39. The fraction of sp³-hybridized carbons (Fsp3) is 0.500. The van der Waals surface area contributed by atoms with Gasteiger partial charge in [-0.1, -0.05) is 30.3 Å². The minimum atomic E-state index is 0. The van der Waals surface area contributed by atoms with Gasteiger partial charge < -0.3 is 15.0 Å². The third kappa shape index (κ3) is 6.80. The summed E-state index contributed by atoms with van der Waals surface area (Å²) in [5, 5.41) is 7.68. The van der Waals surface area contributed by atoms with E-state index >= 15 is 0 Å². The lowest BCUT2D eigenvalue weighted by Crippen LogP contribution is -2.41. The van der Waals surface area contributed by atoms with Gasteiger partial charge in [-0.3, -0.25) is 9.67 Å². The normalized spacial score (nSPS) is 17.0. The highest BCUT2D eigenvalue weighted by atomic mass is 127.